The minimum atomic E-state index is 0.0811. The molecular weight excluding hydrogens is 327 g/mol. The summed E-state index contributed by atoms with van der Waals surface area (Å²) in [5.41, 5.74) is 2.91. The number of hydrogen-bond acceptors (Lipinski definition) is 3. The molecule has 2 aromatic rings. The second kappa shape index (κ2) is 8.37. The van der Waals surface area contributed by atoms with Crippen LogP contribution in [0.3, 0.4) is 0 Å². The van der Waals surface area contributed by atoms with Gasteiger partial charge in [0.05, 0.1) is 15.6 Å². The molecule has 21 heavy (non-hydrogen) atoms. The number of benzene rings is 1. The molecule has 112 valence electrons. The van der Waals surface area contributed by atoms with E-state index in [0.29, 0.717) is 23.0 Å². The second-order valence-corrected chi connectivity index (χ2v) is 6.46. The first-order valence-corrected chi connectivity index (χ1v) is 8.36. The van der Waals surface area contributed by atoms with Gasteiger partial charge in [-0.25, -0.2) is 0 Å². The van der Waals surface area contributed by atoms with Gasteiger partial charge < -0.3 is 5.32 Å². The highest BCUT2D eigenvalue weighted by Crippen LogP contribution is 2.23. The Bertz CT molecular complexity index is 587. The van der Waals surface area contributed by atoms with Crippen LogP contribution in [0.15, 0.2) is 29.9 Å². The van der Waals surface area contributed by atoms with Crippen molar-refractivity contribution in [1.29, 1.82) is 0 Å². The molecule has 0 radical (unpaired) electrons. The van der Waals surface area contributed by atoms with E-state index < -0.39 is 0 Å². The topological polar surface area (TPSA) is 42.0 Å². The average molecular weight is 343 g/mol. The molecule has 0 fully saturated rings. The van der Waals surface area contributed by atoms with Crippen LogP contribution in [0.2, 0.25) is 10.0 Å². The zero-order chi connectivity index (χ0) is 15.1. The molecule has 1 aromatic carbocycles. The van der Waals surface area contributed by atoms with Crippen LogP contribution in [0.4, 0.5) is 0 Å². The van der Waals surface area contributed by atoms with Crippen LogP contribution in [-0.2, 0) is 17.6 Å². The molecule has 0 aliphatic heterocycles. The molecule has 3 nitrogen and oxygen atoms in total. The van der Waals surface area contributed by atoms with Gasteiger partial charge in [0.25, 0.3) is 0 Å². The Labute approximate surface area is 138 Å². The number of amides is 1. The SMILES string of the molecule is O=C(CCc1cncs1)NCCCc1ccc(Cl)c(Cl)c1. The number of rotatable bonds is 7. The van der Waals surface area contributed by atoms with Crippen molar-refractivity contribution in [3.05, 3.63) is 50.4 Å². The summed E-state index contributed by atoms with van der Waals surface area (Å²) < 4.78 is 0. The van der Waals surface area contributed by atoms with E-state index in [1.54, 1.807) is 22.9 Å². The predicted molar refractivity (Wildman–Crippen MR) is 88.2 cm³/mol. The van der Waals surface area contributed by atoms with Crippen LogP contribution in [0.1, 0.15) is 23.3 Å². The van der Waals surface area contributed by atoms with Gasteiger partial charge in [-0.15, -0.1) is 11.3 Å². The fourth-order valence-corrected chi connectivity index (χ4v) is 2.83. The lowest BCUT2D eigenvalue weighted by Gasteiger charge is -2.06. The normalized spacial score (nSPS) is 10.6. The zero-order valence-corrected chi connectivity index (χ0v) is 13.8. The predicted octanol–water partition coefficient (Wildman–Crippen LogP) is 4.13. The monoisotopic (exact) mass is 342 g/mol. The molecule has 0 bridgehead atoms. The zero-order valence-electron chi connectivity index (χ0n) is 11.4. The Balaban J connectivity index is 1.62. The van der Waals surface area contributed by atoms with Crippen LogP contribution in [0.5, 0.6) is 0 Å². The van der Waals surface area contributed by atoms with Gasteiger partial charge in [-0.05, 0) is 37.0 Å². The lowest BCUT2D eigenvalue weighted by Crippen LogP contribution is -2.24. The fraction of sp³-hybridized carbons (Fsp3) is 0.333. The lowest BCUT2D eigenvalue weighted by atomic mass is 10.1. The Morgan fingerprint density at radius 3 is 2.81 bits per heavy atom. The van der Waals surface area contributed by atoms with Gasteiger partial charge >= 0.3 is 0 Å². The van der Waals surface area contributed by atoms with Gasteiger partial charge in [-0.1, -0.05) is 29.3 Å². The third-order valence-corrected chi connectivity index (χ3v) is 4.61. The van der Waals surface area contributed by atoms with Gasteiger partial charge in [-0.2, -0.15) is 0 Å². The molecule has 0 aliphatic rings. The summed E-state index contributed by atoms with van der Waals surface area (Å²) in [5.74, 6) is 0.0811. The molecule has 0 unspecified atom stereocenters. The first-order valence-electron chi connectivity index (χ1n) is 6.73. The van der Waals surface area contributed by atoms with E-state index in [0.717, 1.165) is 29.7 Å². The number of nitrogens with zero attached hydrogens (tertiary/aromatic N) is 1. The van der Waals surface area contributed by atoms with Crippen molar-refractivity contribution in [2.45, 2.75) is 25.7 Å². The molecule has 1 aromatic heterocycles. The summed E-state index contributed by atoms with van der Waals surface area (Å²) >= 11 is 13.4. The van der Waals surface area contributed by atoms with Gasteiger partial charge in [0.15, 0.2) is 0 Å². The van der Waals surface area contributed by atoms with Gasteiger partial charge in [0.1, 0.15) is 0 Å². The Morgan fingerprint density at radius 2 is 2.10 bits per heavy atom. The van der Waals surface area contributed by atoms with Crippen LogP contribution in [0, 0.1) is 0 Å². The Morgan fingerprint density at radius 1 is 1.24 bits per heavy atom. The van der Waals surface area contributed by atoms with Crippen molar-refractivity contribution >= 4 is 40.4 Å². The lowest BCUT2D eigenvalue weighted by molar-refractivity contribution is -0.121. The second-order valence-electron chi connectivity index (χ2n) is 4.67. The summed E-state index contributed by atoms with van der Waals surface area (Å²) in [6.45, 7) is 0.668. The van der Waals surface area contributed by atoms with Crippen LogP contribution >= 0.6 is 34.5 Å². The number of hydrogen-bond donors (Lipinski definition) is 1. The van der Waals surface area contributed by atoms with Gasteiger partial charge in [-0.3, -0.25) is 9.78 Å². The van der Waals surface area contributed by atoms with Crippen molar-refractivity contribution in [2.75, 3.05) is 6.54 Å². The van der Waals surface area contributed by atoms with E-state index in [1.807, 2.05) is 18.3 Å². The minimum absolute atomic E-state index is 0.0811. The molecule has 0 saturated heterocycles. The molecular formula is C15H16Cl2N2OS. The third-order valence-electron chi connectivity index (χ3n) is 3.03. The number of aromatic nitrogens is 1. The smallest absolute Gasteiger partial charge is 0.220 e. The van der Waals surface area contributed by atoms with Crippen molar-refractivity contribution in [3.8, 4) is 0 Å². The first-order chi connectivity index (χ1) is 10.1. The molecule has 1 heterocycles. The van der Waals surface area contributed by atoms with Crippen LogP contribution < -0.4 is 5.32 Å². The summed E-state index contributed by atoms with van der Waals surface area (Å²) in [6.07, 6.45) is 4.82. The fourth-order valence-electron chi connectivity index (χ4n) is 1.91. The van der Waals surface area contributed by atoms with Crippen LogP contribution in [-0.4, -0.2) is 17.4 Å². The summed E-state index contributed by atoms with van der Waals surface area (Å²) in [5, 5.41) is 4.07. The summed E-state index contributed by atoms with van der Waals surface area (Å²) in [7, 11) is 0. The highest BCUT2D eigenvalue weighted by atomic mass is 35.5. The van der Waals surface area contributed by atoms with E-state index >= 15 is 0 Å². The molecule has 6 heteroatoms. The molecule has 0 atom stereocenters. The minimum Gasteiger partial charge on any atom is -0.356 e. The molecule has 2 rings (SSSR count). The number of carbonyl (C=O) groups excluding carboxylic acids is 1. The third kappa shape index (κ3) is 5.65. The van der Waals surface area contributed by atoms with Crippen LogP contribution in [0.25, 0.3) is 0 Å². The maximum atomic E-state index is 11.7. The quantitative estimate of drug-likeness (QED) is 0.768. The molecule has 0 saturated carbocycles. The Kier molecular flexibility index (Phi) is 6.49. The van der Waals surface area contributed by atoms with E-state index in [9.17, 15) is 4.79 Å². The Hall–Kier alpha value is -1.10. The summed E-state index contributed by atoms with van der Waals surface area (Å²) in [6, 6.07) is 5.63. The number of thiazole rings is 1. The molecule has 0 spiro atoms. The number of nitrogens with one attached hydrogen (secondary N) is 1. The number of carbonyl (C=O) groups is 1. The van der Waals surface area contributed by atoms with Crippen molar-refractivity contribution in [1.82, 2.24) is 10.3 Å². The van der Waals surface area contributed by atoms with Crippen molar-refractivity contribution in [3.63, 3.8) is 0 Å². The summed E-state index contributed by atoms with van der Waals surface area (Å²) in [4.78, 5) is 16.8. The van der Waals surface area contributed by atoms with E-state index in [2.05, 4.69) is 10.3 Å². The van der Waals surface area contributed by atoms with E-state index in [-0.39, 0.29) is 5.91 Å². The van der Waals surface area contributed by atoms with Crippen molar-refractivity contribution in [2.24, 2.45) is 0 Å². The van der Waals surface area contributed by atoms with Gasteiger partial charge in [0, 0.05) is 24.0 Å². The maximum absolute atomic E-state index is 11.7. The van der Waals surface area contributed by atoms with E-state index in [4.69, 9.17) is 23.2 Å². The highest BCUT2D eigenvalue weighted by molar-refractivity contribution is 7.09. The standard InChI is InChI=1S/C15H16Cl2N2OS/c16-13-5-3-11(8-14(13)17)2-1-7-19-15(20)6-4-12-9-18-10-21-12/h3,5,8-10H,1-2,4,6-7H2,(H,19,20). The number of halogens is 2. The molecule has 1 N–H and O–H groups in total. The van der Waals surface area contributed by atoms with E-state index in [1.165, 1.54) is 0 Å². The number of aryl methyl sites for hydroxylation is 2. The van der Waals surface area contributed by atoms with Crippen molar-refractivity contribution < 1.29 is 4.79 Å². The highest BCUT2D eigenvalue weighted by Gasteiger charge is 2.03. The first kappa shape index (κ1) is 16.3. The molecule has 1 amide bonds. The maximum Gasteiger partial charge on any atom is 0.220 e. The average Bonchev–Trinajstić information content (AvgIpc) is 2.98. The largest absolute Gasteiger partial charge is 0.356 e. The molecule has 0 aliphatic carbocycles. The van der Waals surface area contributed by atoms with Gasteiger partial charge in [0.2, 0.25) is 5.91 Å².